The van der Waals surface area contributed by atoms with Crippen molar-refractivity contribution in [1.29, 1.82) is 0 Å². The van der Waals surface area contributed by atoms with Crippen LogP contribution in [0.4, 0.5) is 0 Å². The Kier molecular flexibility index (Phi) is 8.76. The van der Waals surface area contributed by atoms with E-state index >= 15 is 0 Å². The van der Waals surface area contributed by atoms with Crippen LogP contribution in [0.2, 0.25) is 0 Å². The Labute approximate surface area is 201 Å². The third kappa shape index (κ3) is 5.99. The number of morpholine rings is 1. The van der Waals surface area contributed by atoms with Crippen LogP contribution in [0.25, 0.3) is 0 Å². The second kappa shape index (κ2) is 11.5. The summed E-state index contributed by atoms with van der Waals surface area (Å²) in [7, 11) is -2.49. The second-order valence-corrected chi connectivity index (χ2v) is 9.40. The van der Waals surface area contributed by atoms with Gasteiger partial charge in [0.1, 0.15) is 5.75 Å². The van der Waals surface area contributed by atoms with E-state index in [-0.39, 0.29) is 16.4 Å². The second-order valence-electron chi connectivity index (χ2n) is 7.68. The highest BCUT2D eigenvalue weighted by Crippen LogP contribution is 2.31. The van der Waals surface area contributed by atoms with Crippen LogP contribution < -0.4 is 18.9 Å². The molecule has 0 aliphatic carbocycles. The number of rotatable bonds is 10. The van der Waals surface area contributed by atoms with Crippen LogP contribution in [0.15, 0.2) is 41.3 Å². The van der Waals surface area contributed by atoms with Crippen molar-refractivity contribution >= 4 is 15.9 Å². The van der Waals surface area contributed by atoms with Crippen molar-refractivity contribution in [3.05, 3.63) is 47.5 Å². The van der Waals surface area contributed by atoms with Gasteiger partial charge in [0.05, 0.1) is 44.0 Å². The molecule has 0 saturated carbocycles. The molecule has 3 rings (SSSR count). The van der Waals surface area contributed by atoms with E-state index in [9.17, 15) is 13.2 Å². The van der Waals surface area contributed by atoms with Gasteiger partial charge in [0.15, 0.2) is 11.5 Å². The molecule has 0 bridgehead atoms. The molecular formula is C24H32N2O7S. The molecule has 0 spiro atoms. The molecule has 0 radical (unpaired) electrons. The maximum atomic E-state index is 13.2. The summed E-state index contributed by atoms with van der Waals surface area (Å²) in [5, 5.41) is 0. The molecule has 10 heteroatoms. The number of carbonyl (C=O) groups excluding carboxylic acids is 1. The van der Waals surface area contributed by atoms with Gasteiger partial charge in [0, 0.05) is 19.1 Å². The van der Waals surface area contributed by atoms with Crippen molar-refractivity contribution in [3.63, 3.8) is 0 Å². The minimum Gasteiger partial charge on any atom is -0.496 e. The highest BCUT2D eigenvalue weighted by molar-refractivity contribution is 7.89. The van der Waals surface area contributed by atoms with Gasteiger partial charge in [-0.1, -0.05) is 6.07 Å². The summed E-state index contributed by atoms with van der Waals surface area (Å²) in [6, 6.07) is 9.05. The summed E-state index contributed by atoms with van der Waals surface area (Å²) in [6.45, 7) is 8.20. The summed E-state index contributed by atoms with van der Waals surface area (Å²) >= 11 is 0. The predicted octanol–water partition coefficient (Wildman–Crippen LogP) is 3.00. The van der Waals surface area contributed by atoms with E-state index in [0.717, 1.165) is 0 Å². The fourth-order valence-electron chi connectivity index (χ4n) is 3.66. The van der Waals surface area contributed by atoms with Crippen molar-refractivity contribution in [1.82, 2.24) is 9.62 Å². The van der Waals surface area contributed by atoms with Crippen molar-refractivity contribution in [2.75, 3.05) is 46.6 Å². The first kappa shape index (κ1) is 25.8. The number of methoxy groups -OCH3 is 1. The lowest BCUT2D eigenvalue weighted by Gasteiger charge is -2.27. The van der Waals surface area contributed by atoms with Crippen LogP contribution in [0.1, 0.15) is 42.7 Å². The van der Waals surface area contributed by atoms with Gasteiger partial charge >= 0.3 is 0 Å². The highest BCUT2D eigenvalue weighted by Gasteiger charge is 2.26. The fourth-order valence-corrected chi connectivity index (χ4v) is 4.92. The molecule has 1 saturated heterocycles. The van der Waals surface area contributed by atoms with Crippen molar-refractivity contribution in [3.8, 4) is 17.2 Å². The predicted molar refractivity (Wildman–Crippen MR) is 127 cm³/mol. The third-order valence-corrected chi connectivity index (χ3v) is 6.95. The molecule has 1 aliphatic rings. The third-order valence-electron chi connectivity index (χ3n) is 5.41. The molecule has 1 heterocycles. The molecule has 1 N–H and O–H groups in total. The van der Waals surface area contributed by atoms with Crippen molar-refractivity contribution < 1.29 is 32.2 Å². The first-order chi connectivity index (χ1) is 16.3. The van der Waals surface area contributed by atoms with Crippen LogP contribution in [0, 0.1) is 0 Å². The number of sulfonamides is 1. The molecule has 186 valence electrons. The van der Waals surface area contributed by atoms with E-state index < -0.39 is 16.1 Å². The van der Waals surface area contributed by atoms with Crippen LogP contribution in [-0.4, -0.2) is 65.9 Å². The lowest BCUT2D eigenvalue weighted by molar-refractivity contribution is 0.0300. The van der Waals surface area contributed by atoms with E-state index in [0.29, 0.717) is 62.3 Å². The smallest absolute Gasteiger partial charge is 0.257 e. The van der Waals surface area contributed by atoms with E-state index in [4.69, 9.17) is 18.9 Å². The Balaban J connectivity index is 1.85. The number of nitrogens with one attached hydrogen (secondary N) is 1. The van der Waals surface area contributed by atoms with E-state index in [1.807, 2.05) is 13.8 Å². The summed E-state index contributed by atoms with van der Waals surface area (Å²) in [5.41, 5.74) is 0.910. The molecule has 2 aromatic rings. The van der Waals surface area contributed by atoms with E-state index in [1.54, 1.807) is 30.0 Å². The molecular weight excluding hydrogens is 460 g/mol. The monoisotopic (exact) mass is 492 g/mol. The number of ether oxygens (including phenoxy) is 4. The topological polar surface area (TPSA) is 103 Å². The van der Waals surface area contributed by atoms with Crippen molar-refractivity contribution in [2.24, 2.45) is 0 Å². The zero-order chi connectivity index (χ0) is 24.7. The maximum Gasteiger partial charge on any atom is 0.257 e. The molecule has 0 aromatic heterocycles. The number of benzene rings is 2. The van der Waals surface area contributed by atoms with E-state index in [1.165, 1.54) is 25.3 Å². The summed E-state index contributed by atoms with van der Waals surface area (Å²) in [4.78, 5) is 14.6. The standard InChI is InChI=1S/C24H32N2O7S/c1-5-32-22-9-7-18(15-23(22)33-6-2)17(3)25-34(28,29)19-8-10-21(30-4)20(16-19)24(27)26-11-13-31-14-12-26/h7-10,15-17,25H,5-6,11-14H2,1-4H3/t17-/m1/s1. The molecule has 1 amide bonds. The molecule has 34 heavy (non-hydrogen) atoms. The van der Waals surface area contributed by atoms with Crippen LogP contribution in [0.5, 0.6) is 17.2 Å². The average molecular weight is 493 g/mol. The number of hydrogen-bond donors (Lipinski definition) is 1. The zero-order valence-electron chi connectivity index (χ0n) is 20.0. The Morgan fingerprint density at radius 2 is 1.68 bits per heavy atom. The van der Waals surface area contributed by atoms with E-state index in [2.05, 4.69) is 4.72 Å². The molecule has 1 atom stereocenters. The van der Waals surface area contributed by atoms with Gasteiger partial charge in [-0.25, -0.2) is 13.1 Å². The lowest BCUT2D eigenvalue weighted by atomic mass is 10.1. The first-order valence-corrected chi connectivity index (χ1v) is 12.8. The minimum atomic E-state index is -3.94. The maximum absolute atomic E-state index is 13.2. The first-order valence-electron chi connectivity index (χ1n) is 11.3. The summed E-state index contributed by atoms with van der Waals surface area (Å²) < 4.78 is 50.9. The Morgan fingerprint density at radius 1 is 1.03 bits per heavy atom. The SMILES string of the molecule is CCOc1ccc([C@@H](C)NS(=O)(=O)c2ccc(OC)c(C(=O)N3CCOCC3)c2)cc1OCC. The minimum absolute atomic E-state index is 0.0206. The number of amides is 1. The summed E-state index contributed by atoms with van der Waals surface area (Å²) in [6.07, 6.45) is 0. The van der Waals surface area contributed by atoms with Crippen molar-refractivity contribution in [2.45, 2.75) is 31.7 Å². The average Bonchev–Trinajstić information content (AvgIpc) is 2.84. The molecule has 2 aromatic carbocycles. The normalized spacial score (nSPS) is 15.0. The number of carbonyl (C=O) groups is 1. The van der Waals surface area contributed by atoms with Crippen LogP contribution in [0.3, 0.4) is 0 Å². The van der Waals surface area contributed by atoms with Gasteiger partial charge in [-0.3, -0.25) is 4.79 Å². The Hall–Kier alpha value is -2.82. The molecule has 1 aliphatic heterocycles. The number of hydrogen-bond acceptors (Lipinski definition) is 7. The molecule has 1 fully saturated rings. The summed E-state index contributed by atoms with van der Waals surface area (Å²) in [5.74, 6) is 1.18. The molecule has 0 unspecified atom stereocenters. The largest absolute Gasteiger partial charge is 0.496 e. The van der Waals surface area contributed by atoms with Crippen LogP contribution >= 0.6 is 0 Å². The quantitative estimate of drug-likeness (QED) is 0.544. The fraction of sp³-hybridized carbons (Fsp3) is 0.458. The van der Waals surface area contributed by atoms with Gasteiger partial charge < -0.3 is 23.8 Å². The van der Waals surface area contributed by atoms with Crippen LogP contribution in [-0.2, 0) is 14.8 Å². The van der Waals surface area contributed by atoms with Gasteiger partial charge in [-0.15, -0.1) is 0 Å². The van der Waals surface area contributed by atoms with Gasteiger partial charge in [-0.2, -0.15) is 0 Å². The Bertz CT molecular complexity index is 1100. The number of nitrogens with zero attached hydrogens (tertiary/aromatic N) is 1. The molecule has 9 nitrogen and oxygen atoms in total. The zero-order valence-corrected chi connectivity index (χ0v) is 20.8. The lowest BCUT2D eigenvalue weighted by Crippen LogP contribution is -2.40. The van der Waals surface area contributed by atoms with Gasteiger partial charge in [0.25, 0.3) is 5.91 Å². The highest BCUT2D eigenvalue weighted by atomic mass is 32.2. The Morgan fingerprint density at radius 3 is 2.32 bits per heavy atom. The van der Waals surface area contributed by atoms with Gasteiger partial charge in [0.2, 0.25) is 10.0 Å². The van der Waals surface area contributed by atoms with Gasteiger partial charge in [-0.05, 0) is 56.7 Å².